The van der Waals surface area contributed by atoms with Crippen molar-refractivity contribution in [2.24, 2.45) is 0 Å². The van der Waals surface area contributed by atoms with E-state index in [-0.39, 0.29) is 32.5 Å². The quantitative estimate of drug-likeness (QED) is 0.236. The third-order valence-electron chi connectivity index (χ3n) is 8.96. The van der Waals surface area contributed by atoms with Gasteiger partial charge in [0, 0.05) is 0 Å². The summed E-state index contributed by atoms with van der Waals surface area (Å²) in [5, 5.41) is 0. The van der Waals surface area contributed by atoms with Crippen molar-refractivity contribution in [1.82, 2.24) is 0 Å². The van der Waals surface area contributed by atoms with Gasteiger partial charge in [-0.2, -0.15) is 0 Å². The predicted molar refractivity (Wildman–Crippen MR) is 198 cm³/mol. The number of rotatable bonds is 2. The van der Waals surface area contributed by atoms with E-state index in [1.165, 1.54) is 55.6 Å². The van der Waals surface area contributed by atoms with Crippen molar-refractivity contribution >= 4 is 26.1 Å². The zero-order chi connectivity index (χ0) is 33.3. The zero-order valence-corrected chi connectivity index (χ0v) is 35.3. The summed E-state index contributed by atoms with van der Waals surface area (Å²) < 4.78 is 1.55. The Morgan fingerprint density at radius 1 is 0.372 bits per heavy atom. The maximum absolute atomic E-state index is 2.53. The molecule has 3 aromatic carbocycles. The molecule has 0 unspecified atom stereocenters. The zero-order valence-electron chi connectivity index (χ0n) is 31.2. The number of hydrogen-bond donors (Lipinski definition) is 0. The van der Waals surface area contributed by atoms with Crippen molar-refractivity contribution in [3.8, 4) is 22.3 Å². The van der Waals surface area contributed by atoms with Gasteiger partial charge in [-0.15, -0.1) is 0 Å². The molecule has 0 N–H and O–H groups in total. The van der Waals surface area contributed by atoms with Crippen LogP contribution in [0.3, 0.4) is 0 Å². The van der Waals surface area contributed by atoms with Gasteiger partial charge in [-0.3, -0.25) is 0 Å². The van der Waals surface area contributed by atoms with Gasteiger partial charge in [0.1, 0.15) is 0 Å². The Bertz CT molecular complexity index is 1310. The molecule has 43 heavy (non-hydrogen) atoms. The Morgan fingerprint density at radius 3 is 0.791 bits per heavy atom. The van der Waals surface area contributed by atoms with Crippen LogP contribution in [-0.2, 0) is 32.5 Å². The Labute approximate surface area is 280 Å². The van der Waals surface area contributed by atoms with E-state index < -0.39 is 0 Å². The third-order valence-corrected chi connectivity index (χ3v) is 11.1. The molecule has 1 heteroatoms. The van der Waals surface area contributed by atoms with Crippen LogP contribution in [0.25, 0.3) is 22.3 Å². The van der Waals surface area contributed by atoms with E-state index >= 15 is 0 Å². The second-order valence-corrected chi connectivity index (χ2v) is 21.2. The topological polar surface area (TPSA) is 0 Å². The molecule has 0 aliphatic heterocycles. The Morgan fingerprint density at radius 2 is 0.605 bits per heavy atom. The van der Waals surface area contributed by atoms with Gasteiger partial charge in [0.05, 0.1) is 0 Å². The van der Waals surface area contributed by atoms with E-state index in [0.717, 1.165) is 0 Å². The molecule has 0 aromatic heterocycles. The molecule has 0 aliphatic rings. The van der Waals surface area contributed by atoms with Crippen LogP contribution in [0.15, 0.2) is 42.5 Å². The molecule has 0 saturated carbocycles. The second kappa shape index (κ2) is 11.4. The summed E-state index contributed by atoms with van der Waals surface area (Å²) >= 11 is 0.649. The molecule has 0 bridgehead atoms. The molecule has 3 rings (SSSR count). The van der Waals surface area contributed by atoms with E-state index in [1.807, 2.05) is 0 Å². The molecule has 0 spiro atoms. The van der Waals surface area contributed by atoms with E-state index in [1.54, 1.807) is 3.58 Å². The Balaban J connectivity index is 2.61. The van der Waals surface area contributed by atoms with Crippen LogP contribution >= 0.6 is 0 Å². The SMILES string of the molecule is CC(C)(C)c1cc(C(C)(C)C)c(-c2cccc(-c3c(C(C)(C)C)cc(C(C)(C)C)cc3C(C)(C)C)[c]2[SnH2])c(C(C)(C)C)c1. The molecular formula is C42H63Sn. The van der Waals surface area contributed by atoms with Crippen molar-refractivity contribution in [3.63, 3.8) is 0 Å². The summed E-state index contributed by atoms with van der Waals surface area (Å²) in [4.78, 5) is 0. The average molecular weight is 687 g/mol. The van der Waals surface area contributed by atoms with Crippen LogP contribution in [0, 0.1) is 0 Å². The van der Waals surface area contributed by atoms with Gasteiger partial charge in [-0.1, -0.05) is 0 Å². The van der Waals surface area contributed by atoms with Gasteiger partial charge in [0.15, 0.2) is 0 Å². The van der Waals surface area contributed by atoms with E-state index in [4.69, 9.17) is 0 Å². The summed E-state index contributed by atoms with van der Waals surface area (Å²) in [6.45, 7) is 42.8. The van der Waals surface area contributed by atoms with Crippen molar-refractivity contribution in [3.05, 3.63) is 75.8 Å². The third kappa shape index (κ3) is 7.65. The minimum absolute atomic E-state index is 0.0194. The van der Waals surface area contributed by atoms with E-state index in [0.29, 0.717) is 22.5 Å². The second-order valence-electron chi connectivity index (χ2n) is 19.2. The van der Waals surface area contributed by atoms with Gasteiger partial charge in [0.25, 0.3) is 0 Å². The molecule has 1 radical (unpaired) electrons. The fourth-order valence-corrected chi connectivity index (χ4v) is 7.83. The van der Waals surface area contributed by atoms with E-state index in [2.05, 4.69) is 167 Å². The first-order valence-electron chi connectivity index (χ1n) is 16.4. The van der Waals surface area contributed by atoms with Gasteiger partial charge in [-0.05, 0) is 0 Å². The van der Waals surface area contributed by atoms with Crippen LogP contribution < -0.4 is 3.58 Å². The van der Waals surface area contributed by atoms with Crippen LogP contribution in [-0.4, -0.2) is 22.5 Å². The summed E-state index contributed by atoms with van der Waals surface area (Å²) in [5.41, 5.74) is 14.8. The fraction of sp³-hybridized carbons (Fsp3) is 0.571. The molecule has 3 aromatic rings. The normalized spacial score (nSPS) is 13.9. The molecule has 0 amide bonds. The molecule has 0 nitrogen and oxygen atoms in total. The monoisotopic (exact) mass is 687 g/mol. The van der Waals surface area contributed by atoms with Gasteiger partial charge >= 0.3 is 281 Å². The Kier molecular flexibility index (Phi) is 9.49. The molecular weight excluding hydrogens is 623 g/mol. The maximum atomic E-state index is 2.53. The van der Waals surface area contributed by atoms with Crippen LogP contribution in [0.5, 0.6) is 0 Å². The summed E-state index contributed by atoms with van der Waals surface area (Å²) in [7, 11) is 0. The van der Waals surface area contributed by atoms with Gasteiger partial charge in [-0.25, -0.2) is 0 Å². The predicted octanol–water partition coefficient (Wildman–Crippen LogP) is 11.1. The van der Waals surface area contributed by atoms with Crippen molar-refractivity contribution in [2.45, 2.75) is 157 Å². The van der Waals surface area contributed by atoms with Crippen molar-refractivity contribution in [1.29, 1.82) is 0 Å². The van der Waals surface area contributed by atoms with Crippen LogP contribution in [0.2, 0.25) is 0 Å². The minimum atomic E-state index is 0.0194. The van der Waals surface area contributed by atoms with Gasteiger partial charge < -0.3 is 0 Å². The number of benzene rings is 3. The molecule has 0 heterocycles. The molecule has 235 valence electrons. The standard InChI is InChI=1S/C42H61.Sn.2H/c1-37(2,3)29-23-31(39(7,8)9)35(32(24-29)40(10,11)12)27-20-19-21-28(22-27)36-33(41(13,14)15)25-30(38(4,5)6)26-34(36)42(16,17)18;;;/h19-21,23-26H,1-18H3;;;. The molecule has 0 atom stereocenters. The molecule has 0 saturated heterocycles. The van der Waals surface area contributed by atoms with Crippen molar-refractivity contribution < 1.29 is 0 Å². The summed E-state index contributed by atoms with van der Waals surface area (Å²) in [6.07, 6.45) is 0. The van der Waals surface area contributed by atoms with Gasteiger partial charge in [0.2, 0.25) is 0 Å². The molecule has 0 fully saturated rings. The van der Waals surface area contributed by atoms with Crippen LogP contribution in [0.1, 0.15) is 158 Å². The summed E-state index contributed by atoms with van der Waals surface area (Å²) in [6, 6.07) is 17.3. The Hall–Kier alpha value is -1.54. The fourth-order valence-electron chi connectivity index (χ4n) is 6.15. The first kappa shape index (κ1) is 35.9. The average Bonchev–Trinajstić information content (AvgIpc) is 2.79. The first-order chi connectivity index (χ1) is 19.1. The van der Waals surface area contributed by atoms with Crippen molar-refractivity contribution in [2.75, 3.05) is 0 Å². The molecule has 0 aliphatic carbocycles. The van der Waals surface area contributed by atoms with E-state index in [9.17, 15) is 0 Å². The summed E-state index contributed by atoms with van der Waals surface area (Å²) in [5.74, 6) is 0. The van der Waals surface area contributed by atoms with Crippen LogP contribution in [0.4, 0.5) is 0 Å². The number of hydrogen-bond acceptors (Lipinski definition) is 0. The first-order valence-corrected chi connectivity index (χ1v) is 18.4.